The number of esters is 1. The van der Waals surface area contributed by atoms with Crippen molar-refractivity contribution in [3.8, 4) is 0 Å². The number of aryl methyl sites for hydroxylation is 1. The number of carbonyl (C=O) groups excluding carboxylic acids is 1. The molecule has 0 aliphatic carbocycles. The van der Waals surface area contributed by atoms with Crippen molar-refractivity contribution in [2.75, 3.05) is 7.11 Å². The topological polar surface area (TPSA) is 52.1 Å². The van der Waals surface area contributed by atoms with Crippen molar-refractivity contribution in [3.05, 3.63) is 23.8 Å². The molecule has 0 saturated heterocycles. The Balaban J connectivity index is 2.81. The average Bonchev–Trinajstić information content (AvgIpc) is 2.15. The summed E-state index contributed by atoms with van der Waals surface area (Å²) in [7, 11) is 1.39. The summed E-state index contributed by atoms with van der Waals surface area (Å²) in [6, 6.07) is 1.83. The van der Waals surface area contributed by atoms with Gasteiger partial charge in [0.05, 0.1) is 12.5 Å². The van der Waals surface area contributed by atoms with Crippen molar-refractivity contribution in [1.29, 1.82) is 0 Å². The number of hydrogen-bond acceptors (Lipinski definition) is 4. The van der Waals surface area contributed by atoms with Gasteiger partial charge in [0.15, 0.2) is 0 Å². The molecule has 0 aliphatic rings. The summed E-state index contributed by atoms with van der Waals surface area (Å²) < 4.78 is 4.72. The molecule has 0 unspecified atom stereocenters. The molecule has 0 bridgehead atoms. The van der Waals surface area contributed by atoms with E-state index in [0.29, 0.717) is 12.2 Å². The van der Waals surface area contributed by atoms with Gasteiger partial charge in [-0.15, -0.1) is 0 Å². The van der Waals surface area contributed by atoms with E-state index in [1.165, 1.54) is 7.11 Å². The van der Waals surface area contributed by atoms with E-state index in [-0.39, 0.29) is 5.97 Å². The van der Waals surface area contributed by atoms with Gasteiger partial charge in [0.25, 0.3) is 0 Å². The molecule has 1 aromatic heterocycles. The normalized spacial score (nSPS) is 11.2. The maximum atomic E-state index is 11.4. The van der Waals surface area contributed by atoms with E-state index in [9.17, 15) is 4.79 Å². The number of nitrogens with zero attached hydrogens (tertiary/aromatic N) is 2. The zero-order valence-electron chi connectivity index (χ0n) is 9.57. The first-order valence-electron chi connectivity index (χ1n) is 4.82. The minimum atomic E-state index is -0.581. The van der Waals surface area contributed by atoms with Crippen LogP contribution in [0.5, 0.6) is 0 Å². The second-order valence-electron chi connectivity index (χ2n) is 4.17. The Kier molecular flexibility index (Phi) is 3.39. The third-order valence-corrected chi connectivity index (χ3v) is 2.18. The van der Waals surface area contributed by atoms with E-state index >= 15 is 0 Å². The number of ether oxygens (including phenoxy) is 1. The maximum absolute atomic E-state index is 11.4. The molecule has 1 rings (SSSR count). The lowest BCUT2D eigenvalue weighted by Gasteiger charge is -2.20. The fraction of sp³-hybridized carbons (Fsp3) is 0.545. The second kappa shape index (κ2) is 4.38. The smallest absolute Gasteiger partial charge is 0.311 e. The number of rotatable bonds is 3. The Labute approximate surface area is 89.7 Å². The lowest BCUT2D eigenvalue weighted by atomic mass is 9.89. The van der Waals surface area contributed by atoms with Gasteiger partial charge in [0, 0.05) is 18.3 Å². The van der Waals surface area contributed by atoms with Gasteiger partial charge in [-0.05, 0) is 26.8 Å². The van der Waals surface area contributed by atoms with Crippen LogP contribution in [0.25, 0.3) is 0 Å². The summed E-state index contributed by atoms with van der Waals surface area (Å²) in [5.74, 6) is 0.429. The molecule has 0 aliphatic heterocycles. The van der Waals surface area contributed by atoms with Crippen molar-refractivity contribution >= 4 is 5.97 Å². The van der Waals surface area contributed by atoms with Crippen molar-refractivity contribution in [3.63, 3.8) is 0 Å². The molecule has 0 fully saturated rings. The first kappa shape index (κ1) is 11.6. The van der Waals surface area contributed by atoms with E-state index in [0.717, 1.165) is 5.69 Å². The van der Waals surface area contributed by atoms with Gasteiger partial charge in [0.2, 0.25) is 0 Å². The molecule has 0 amide bonds. The average molecular weight is 208 g/mol. The summed E-state index contributed by atoms with van der Waals surface area (Å²) in [4.78, 5) is 19.8. The summed E-state index contributed by atoms with van der Waals surface area (Å²) in [5, 5.41) is 0. The lowest BCUT2D eigenvalue weighted by Crippen LogP contribution is -2.28. The number of carbonyl (C=O) groups is 1. The predicted molar refractivity (Wildman–Crippen MR) is 56.3 cm³/mol. The van der Waals surface area contributed by atoms with Gasteiger partial charge in [-0.2, -0.15) is 0 Å². The predicted octanol–water partition coefficient (Wildman–Crippen LogP) is 1.53. The van der Waals surface area contributed by atoms with Gasteiger partial charge in [-0.1, -0.05) is 0 Å². The second-order valence-corrected chi connectivity index (χ2v) is 4.17. The fourth-order valence-electron chi connectivity index (χ4n) is 1.33. The molecule has 0 saturated carbocycles. The van der Waals surface area contributed by atoms with Crippen LogP contribution >= 0.6 is 0 Å². The Hall–Kier alpha value is -1.45. The molecule has 0 radical (unpaired) electrons. The zero-order valence-corrected chi connectivity index (χ0v) is 9.57. The van der Waals surface area contributed by atoms with Crippen LogP contribution in [0.2, 0.25) is 0 Å². The third-order valence-electron chi connectivity index (χ3n) is 2.18. The molecule has 4 nitrogen and oxygen atoms in total. The van der Waals surface area contributed by atoms with Crippen LogP contribution in [0.4, 0.5) is 0 Å². The third kappa shape index (κ3) is 3.01. The van der Waals surface area contributed by atoms with Crippen LogP contribution in [0.1, 0.15) is 25.4 Å². The van der Waals surface area contributed by atoms with Crippen LogP contribution in [0, 0.1) is 12.3 Å². The summed E-state index contributed by atoms with van der Waals surface area (Å²) in [6.07, 6.45) is 2.19. The lowest BCUT2D eigenvalue weighted by molar-refractivity contribution is -0.150. The highest BCUT2D eigenvalue weighted by atomic mass is 16.5. The molecule has 0 aromatic carbocycles. The standard InChI is InChI=1S/C11H16N2O2/c1-8-5-6-12-9(13-8)7-11(2,3)10(14)15-4/h5-6H,7H2,1-4H3. The fourth-order valence-corrected chi connectivity index (χ4v) is 1.33. The largest absolute Gasteiger partial charge is 0.469 e. The first-order valence-corrected chi connectivity index (χ1v) is 4.82. The highest BCUT2D eigenvalue weighted by Gasteiger charge is 2.30. The molecule has 1 aromatic rings. The Bertz CT molecular complexity index is 361. The van der Waals surface area contributed by atoms with Crippen LogP contribution in [-0.2, 0) is 16.0 Å². The number of methoxy groups -OCH3 is 1. The van der Waals surface area contributed by atoms with E-state index in [1.807, 2.05) is 26.8 Å². The Morgan fingerprint density at radius 2 is 2.20 bits per heavy atom. The van der Waals surface area contributed by atoms with Crippen LogP contribution in [-0.4, -0.2) is 23.0 Å². The number of aromatic nitrogens is 2. The van der Waals surface area contributed by atoms with Gasteiger partial charge in [0.1, 0.15) is 5.82 Å². The molecule has 82 valence electrons. The molecule has 0 atom stereocenters. The highest BCUT2D eigenvalue weighted by Crippen LogP contribution is 2.21. The number of hydrogen-bond donors (Lipinski definition) is 0. The van der Waals surface area contributed by atoms with Crippen LogP contribution in [0.3, 0.4) is 0 Å². The minimum Gasteiger partial charge on any atom is -0.469 e. The van der Waals surface area contributed by atoms with Crippen molar-refractivity contribution in [2.24, 2.45) is 5.41 Å². The molecule has 0 N–H and O–H groups in total. The Morgan fingerprint density at radius 1 is 1.53 bits per heavy atom. The summed E-state index contributed by atoms with van der Waals surface area (Å²) >= 11 is 0. The van der Waals surface area contributed by atoms with Gasteiger partial charge >= 0.3 is 5.97 Å². The van der Waals surface area contributed by atoms with Crippen LogP contribution in [0.15, 0.2) is 12.3 Å². The summed E-state index contributed by atoms with van der Waals surface area (Å²) in [6.45, 7) is 5.55. The maximum Gasteiger partial charge on any atom is 0.311 e. The van der Waals surface area contributed by atoms with E-state index < -0.39 is 5.41 Å². The van der Waals surface area contributed by atoms with E-state index in [4.69, 9.17) is 4.74 Å². The van der Waals surface area contributed by atoms with Gasteiger partial charge < -0.3 is 4.74 Å². The monoisotopic (exact) mass is 208 g/mol. The van der Waals surface area contributed by atoms with Gasteiger partial charge in [-0.3, -0.25) is 4.79 Å². The molecular formula is C11H16N2O2. The molecule has 15 heavy (non-hydrogen) atoms. The summed E-state index contributed by atoms with van der Waals surface area (Å²) in [5.41, 5.74) is 0.323. The minimum absolute atomic E-state index is 0.243. The van der Waals surface area contributed by atoms with Crippen LogP contribution < -0.4 is 0 Å². The first-order chi connectivity index (χ1) is 6.95. The molecule has 1 heterocycles. The van der Waals surface area contributed by atoms with E-state index in [2.05, 4.69) is 9.97 Å². The SMILES string of the molecule is COC(=O)C(C)(C)Cc1nccc(C)n1. The molecule has 0 spiro atoms. The van der Waals surface area contributed by atoms with Gasteiger partial charge in [-0.25, -0.2) is 9.97 Å². The van der Waals surface area contributed by atoms with E-state index in [1.54, 1.807) is 6.20 Å². The Morgan fingerprint density at radius 3 is 2.73 bits per heavy atom. The van der Waals surface area contributed by atoms with Crippen molar-refractivity contribution < 1.29 is 9.53 Å². The molecule has 4 heteroatoms. The molecular weight excluding hydrogens is 192 g/mol. The highest BCUT2D eigenvalue weighted by molar-refractivity contribution is 5.75. The quantitative estimate of drug-likeness (QED) is 0.707. The van der Waals surface area contributed by atoms with Crippen molar-refractivity contribution in [1.82, 2.24) is 9.97 Å². The zero-order chi connectivity index (χ0) is 11.5. The van der Waals surface area contributed by atoms with Crippen molar-refractivity contribution in [2.45, 2.75) is 27.2 Å².